The van der Waals surface area contributed by atoms with Crippen LogP contribution < -0.4 is 4.74 Å². The van der Waals surface area contributed by atoms with Crippen LogP contribution in [0, 0.1) is 0 Å². The highest BCUT2D eigenvalue weighted by Gasteiger charge is 2.38. The molecule has 0 amide bonds. The van der Waals surface area contributed by atoms with Crippen molar-refractivity contribution >= 4 is 15.9 Å². The summed E-state index contributed by atoms with van der Waals surface area (Å²) in [6.45, 7) is 0. The molecule has 23 heavy (non-hydrogen) atoms. The quantitative estimate of drug-likeness (QED) is 0.691. The van der Waals surface area contributed by atoms with E-state index in [-0.39, 0.29) is 0 Å². The van der Waals surface area contributed by atoms with Crippen molar-refractivity contribution in [3.8, 4) is 11.5 Å². The number of aliphatic hydroxyl groups is 1. The summed E-state index contributed by atoms with van der Waals surface area (Å²) in [5, 5.41) is 11.6. The first-order valence-electron chi connectivity index (χ1n) is 7.35. The van der Waals surface area contributed by atoms with Crippen molar-refractivity contribution in [2.24, 2.45) is 0 Å². The summed E-state index contributed by atoms with van der Waals surface area (Å²) < 4.78 is 6.98. The molecule has 2 aromatic carbocycles. The molecular weight excluding hydrogens is 354 g/mol. The Morgan fingerprint density at radius 1 is 1.00 bits per heavy atom. The number of rotatable bonds is 1. The Bertz CT molecular complexity index is 866. The van der Waals surface area contributed by atoms with Crippen molar-refractivity contribution < 1.29 is 9.84 Å². The summed E-state index contributed by atoms with van der Waals surface area (Å²) in [5.41, 5.74) is 1.34. The minimum Gasteiger partial charge on any atom is -0.457 e. The number of ether oxygens (including phenoxy) is 1. The maximum atomic E-state index is 11.6. The lowest BCUT2D eigenvalue weighted by atomic mass is 9.81. The smallest absolute Gasteiger partial charge is 0.133 e. The molecule has 1 aliphatic rings. The van der Waals surface area contributed by atoms with E-state index in [2.05, 4.69) is 20.9 Å². The Balaban J connectivity index is 1.99. The van der Waals surface area contributed by atoms with E-state index in [4.69, 9.17) is 4.74 Å². The first kappa shape index (κ1) is 14.4. The van der Waals surface area contributed by atoms with Crippen LogP contribution in [0.2, 0.25) is 0 Å². The first-order chi connectivity index (χ1) is 11.2. The van der Waals surface area contributed by atoms with Crippen LogP contribution in [0.4, 0.5) is 0 Å². The molecule has 0 saturated carbocycles. The minimum absolute atomic E-state index is 0.441. The van der Waals surface area contributed by atoms with Crippen LogP contribution in [0.1, 0.15) is 16.7 Å². The molecule has 0 fully saturated rings. The van der Waals surface area contributed by atoms with E-state index in [1.54, 1.807) is 12.4 Å². The maximum Gasteiger partial charge on any atom is 0.133 e. The van der Waals surface area contributed by atoms with Gasteiger partial charge in [-0.1, -0.05) is 34.1 Å². The van der Waals surface area contributed by atoms with Gasteiger partial charge in [0.15, 0.2) is 0 Å². The van der Waals surface area contributed by atoms with Crippen LogP contribution in [-0.2, 0) is 12.0 Å². The number of fused-ring (bicyclic) bond motifs is 2. The fraction of sp³-hybridized carbons (Fsp3) is 0.105. The van der Waals surface area contributed by atoms with Gasteiger partial charge in [0.2, 0.25) is 0 Å². The van der Waals surface area contributed by atoms with Crippen molar-refractivity contribution in [1.82, 2.24) is 4.98 Å². The molecule has 1 aromatic heterocycles. The maximum absolute atomic E-state index is 11.6. The zero-order valence-electron chi connectivity index (χ0n) is 12.2. The lowest BCUT2D eigenvalue weighted by molar-refractivity contribution is 0.0813. The van der Waals surface area contributed by atoms with Gasteiger partial charge in [-0.3, -0.25) is 4.98 Å². The average Bonchev–Trinajstić information content (AvgIpc) is 2.71. The molecule has 1 atom stereocenters. The Hall–Kier alpha value is -2.17. The third-order valence-corrected chi connectivity index (χ3v) is 4.68. The minimum atomic E-state index is -1.17. The molecule has 0 aliphatic carbocycles. The molecule has 1 unspecified atom stereocenters. The van der Waals surface area contributed by atoms with Gasteiger partial charge in [0.25, 0.3) is 0 Å². The van der Waals surface area contributed by atoms with Gasteiger partial charge in [0.05, 0.1) is 0 Å². The Labute approximate surface area is 142 Å². The zero-order chi connectivity index (χ0) is 15.9. The van der Waals surface area contributed by atoms with E-state index in [0.29, 0.717) is 12.2 Å². The van der Waals surface area contributed by atoms with Crippen LogP contribution in [0.15, 0.2) is 71.5 Å². The highest BCUT2D eigenvalue weighted by molar-refractivity contribution is 9.10. The molecule has 1 N–H and O–H groups in total. The second kappa shape index (κ2) is 5.48. The van der Waals surface area contributed by atoms with Gasteiger partial charge in [-0.15, -0.1) is 0 Å². The molecule has 0 spiro atoms. The van der Waals surface area contributed by atoms with Gasteiger partial charge in [0.1, 0.15) is 17.1 Å². The van der Waals surface area contributed by atoms with E-state index in [0.717, 1.165) is 26.9 Å². The second-order valence-corrected chi connectivity index (χ2v) is 6.54. The predicted octanol–water partition coefficient (Wildman–Crippen LogP) is 4.43. The summed E-state index contributed by atoms with van der Waals surface area (Å²) in [7, 11) is 0. The molecule has 1 aliphatic heterocycles. The average molecular weight is 368 g/mol. The molecule has 2 heterocycles. The molecule has 114 valence electrons. The molecule has 4 heteroatoms. The van der Waals surface area contributed by atoms with Gasteiger partial charge < -0.3 is 9.84 Å². The third kappa shape index (κ3) is 2.44. The zero-order valence-corrected chi connectivity index (χ0v) is 13.8. The number of halogens is 1. The highest BCUT2D eigenvalue weighted by atomic mass is 79.9. The molecule has 3 aromatic rings. The van der Waals surface area contributed by atoms with E-state index in [1.165, 1.54) is 0 Å². The molecule has 0 radical (unpaired) electrons. The third-order valence-electron chi connectivity index (χ3n) is 4.18. The Morgan fingerprint density at radius 3 is 2.61 bits per heavy atom. The monoisotopic (exact) mass is 367 g/mol. The van der Waals surface area contributed by atoms with E-state index in [1.807, 2.05) is 54.6 Å². The van der Waals surface area contributed by atoms with E-state index in [9.17, 15) is 5.11 Å². The normalized spacial score (nSPS) is 19.2. The van der Waals surface area contributed by atoms with Crippen LogP contribution in [-0.4, -0.2) is 10.1 Å². The largest absolute Gasteiger partial charge is 0.457 e. The van der Waals surface area contributed by atoms with Crippen molar-refractivity contribution in [3.63, 3.8) is 0 Å². The van der Waals surface area contributed by atoms with Crippen molar-refractivity contribution in [3.05, 3.63) is 88.2 Å². The lowest BCUT2D eigenvalue weighted by Crippen LogP contribution is -2.29. The number of para-hydroxylation sites is 1. The number of hydrogen-bond donors (Lipinski definition) is 1. The van der Waals surface area contributed by atoms with Gasteiger partial charge in [-0.05, 0) is 47.5 Å². The number of benzene rings is 2. The Morgan fingerprint density at radius 2 is 1.78 bits per heavy atom. The fourth-order valence-electron chi connectivity index (χ4n) is 3.04. The van der Waals surface area contributed by atoms with Gasteiger partial charge >= 0.3 is 0 Å². The highest BCUT2D eigenvalue weighted by Crippen LogP contribution is 2.45. The summed E-state index contributed by atoms with van der Waals surface area (Å²) in [5.74, 6) is 1.44. The summed E-state index contributed by atoms with van der Waals surface area (Å²) >= 11 is 3.50. The molecule has 3 nitrogen and oxygen atoms in total. The second-order valence-electron chi connectivity index (χ2n) is 5.62. The van der Waals surface area contributed by atoms with Crippen LogP contribution in [0.3, 0.4) is 0 Å². The van der Waals surface area contributed by atoms with Crippen LogP contribution in [0.5, 0.6) is 11.5 Å². The number of hydrogen-bond acceptors (Lipinski definition) is 3. The number of pyridine rings is 1. The number of aromatic nitrogens is 1. The van der Waals surface area contributed by atoms with Gasteiger partial charge in [0, 0.05) is 28.9 Å². The van der Waals surface area contributed by atoms with Gasteiger partial charge in [-0.25, -0.2) is 0 Å². The SMILES string of the molecule is OC1(c2ccncc2)Cc2ccccc2Oc2ccc(Br)cc21. The number of nitrogens with zero attached hydrogens (tertiary/aromatic N) is 1. The van der Waals surface area contributed by atoms with Gasteiger partial charge in [-0.2, -0.15) is 0 Å². The molecular formula is C19H14BrNO2. The Kier molecular flexibility index (Phi) is 3.43. The van der Waals surface area contributed by atoms with E-state index >= 15 is 0 Å². The molecule has 4 rings (SSSR count). The lowest BCUT2D eigenvalue weighted by Gasteiger charge is -2.28. The van der Waals surface area contributed by atoms with E-state index < -0.39 is 5.60 Å². The molecule has 0 saturated heterocycles. The summed E-state index contributed by atoms with van der Waals surface area (Å²) in [4.78, 5) is 4.06. The van der Waals surface area contributed by atoms with Crippen LogP contribution >= 0.6 is 15.9 Å². The van der Waals surface area contributed by atoms with Crippen molar-refractivity contribution in [2.45, 2.75) is 12.0 Å². The standard InChI is InChI=1S/C19H14BrNO2/c20-15-5-6-18-16(11-15)19(22,14-7-9-21-10-8-14)12-13-3-1-2-4-17(13)23-18/h1-11,22H,12H2. The van der Waals surface area contributed by atoms with Crippen molar-refractivity contribution in [2.75, 3.05) is 0 Å². The topological polar surface area (TPSA) is 42.4 Å². The predicted molar refractivity (Wildman–Crippen MR) is 91.6 cm³/mol. The van der Waals surface area contributed by atoms with Crippen molar-refractivity contribution in [1.29, 1.82) is 0 Å². The van der Waals surface area contributed by atoms with Crippen LogP contribution in [0.25, 0.3) is 0 Å². The first-order valence-corrected chi connectivity index (χ1v) is 8.15. The fourth-order valence-corrected chi connectivity index (χ4v) is 3.40. The summed E-state index contributed by atoms with van der Waals surface area (Å²) in [6.07, 6.45) is 3.84. The summed E-state index contributed by atoms with van der Waals surface area (Å²) in [6, 6.07) is 17.2. The molecule has 0 bridgehead atoms.